The average Bonchev–Trinajstić information content (AvgIpc) is 2.39. The molecule has 2 N–H and O–H groups in total. The van der Waals surface area contributed by atoms with Crippen LogP contribution in [0.5, 0.6) is 0 Å². The van der Waals surface area contributed by atoms with E-state index in [2.05, 4.69) is 6.07 Å². The van der Waals surface area contributed by atoms with E-state index in [0.717, 1.165) is 16.0 Å². The Labute approximate surface area is 117 Å². The van der Waals surface area contributed by atoms with Crippen LogP contribution in [-0.2, 0) is 10.8 Å². The van der Waals surface area contributed by atoms with Gasteiger partial charge < -0.3 is 5.73 Å². The molecule has 0 bridgehead atoms. The van der Waals surface area contributed by atoms with Crippen molar-refractivity contribution in [2.45, 2.75) is 24.8 Å². The number of nitrogens with two attached hydrogens (primary N) is 1. The molecule has 0 saturated heterocycles. The summed E-state index contributed by atoms with van der Waals surface area (Å²) in [5, 5.41) is 0. The number of hydrogen-bond donors (Lipinski definition) is 1. The molecule has 0 aromatic heterocycles. The molecule has 0 fully saturated rings. The van der Waals surface area contributed by atoms with Gasteiger partial charge >= 0.3 is 0 Å². The van der Waals surface area contributed by atoms with Crippen molar-refractivity contribution in [2.24, 2.45) is 5.73 Å². The summed E-state index contributed by atoms with van der Waals surface area (Å²) in [5.74, 6) is 0.452. The van der Waals surface area contributed by atoms with Crippen molar-refractivity contribution in [3.05, 3.63) is 65.2 Å². The van der Waals surface area contributed by atoms with Crippen molar-refractivity contribution in [3.63, 3.8) is 0 Å². The monoisotopic (exact) mass is 273 g/mol. The maximum absolute atomic E-state index is 12.4. The molecule has 2 aromatic rings. The van der Waals surface area contributed by atoms with Crippen LogP contribution < -0.4 is 5.73 Å². The standard InChI is InChI=1S/C16H19NOS/c1-12-8-9-16(13(2)10-12)19(18)11-15(17)14-6-4-3-5-7-14/h3-10,15H,11,17H2,1-2H3. The van der Waals surface area contributed by atoms with E-state index in [1.54, 1.807) is 0 Å². The molecule has 0 spiro atoms. The summed E-state index contributed by atoms with van der Waals surface area (Å²) >= 11 is 0. The van der Waals surface area contributed by atoms with E-state index in [9.17, 15) is 4.21 Å². The van der Waals surface area contributed by atoms with Crippen LogP contribution in [0.25, 0.3) is 0 Å². The van der Waals surface area contributed by atoms with E-state index in [0.29, 0.717) is 5.75 Å². The predicted octanol–water partition coefficient (Wildman–Crippen LogP) is 3.11. The third-order valence-electron chi connectivity index (χ3n) is 3.13. The second kappa shape index (κ2) is 6.13. The Morgan fingerprint density at radius 2 is 1.79 bits per heavy atom. The van der Waals surface area contributed by atoms with E-state index in [1.165, 1.54) is 5.56 Å². The molecule has 0 aliphatic heterocycles. The quantitative estimate of drug-likeness (QED) is 0.930. The van der Waals surface area contributed by atoms with Crippen LogP contribution in [-0.4, -0.2) is 9.96 Å². The van der Waals surface area contributed by atoms with Crippen molar-refractivity contribution in [1.82, 2.24) is 0 Å². The molecule has 0 aliphatic carbocycles. The van der Waals surface area contributed by atoms with Gasteiger partial charge in [0, 0.05) is 16.7 Å². The fourth-order valence-corrected chi connectivity index (χ4v) is 3.44. The fourth-order valence-electron chi connectivity index (χ4n) is 2.10. The van der Waals surface area contributed by atoms with Crippen LogP contribution in [0.15, 0.2) is 53.4 Å². The van der Waals surface area contributed by atoms with Crippen LogP contribution in [0.1, 0.15) is 22.7 Å². The largest absolute Gasteiger partial charge is 0.323 e. The van der Waals surface area contributed by atoms with Crippen molar-refractivity contribution in [1.29, 1.82) is 0 Å². The minimum absolute atomic E-state index is 0.192. The molecule has 0 radical (unpaired) electrons. The van der Waals surface area contributed by atoms with Crippen LogP contribution in [0, 0.1) is 13.8 Å². The molecular weight excluding hydrogens is 254 g/mol. The topological polar surface area (TPSA) is 43.1 Å². The predicted molar refractivity (Wildman–Crippen MR) is 80.6 cm³/mol. The Hall–Kier alpha value is -1.45. The van der Waals surface area contributed by atoms with E-state index < -0.39 is 10.8 Å². The fraction of sp³-hybridized carbons (Fsp3) is 0.250. The lowest BCUT2D eigenvalue weighted by Gasteiger charge is -2.13. The zero-order valence-corrected chi connectivity index (χ0v) is 12.1. The molecule has 3 heteroatoms. The molecule has 0 saturated carbocycles. The van der Waals surface area contributed by atoms with Crippen LogP contribution in [0.2, 0.25) is 0 Å². The second-order valence-corrected chi connectivity index (χ2v) is 6.26. The number of rotatable bonds is 4. The minimum atomic E-state index is -1.06. The lowest BCUT2D eigenvalue weighted by atomic mass is 10.1. The van der Waals surface area contributed by atoms with Crippen LogP contribution in [0.3, 0.4) is 0 Å². The molecule has 19 heavy (non-hydrogen) atoms. The second-order valence-electron chi connectivity index (χ2n) is 4.80. The SMILES string of the molecule is Cc1ccc(S(=O)CC(N)c2ccccc2)c(C)c1. The summed E-state index contributed by atoms with van der Waals surface area (Å²) in [6, 6.07) is 15.6. The molecule has 100 valence electrons. The third-order valence-corrected chi connectivity index (χ3v) is 4.74. The highest BCUT2D eigenvalue weighted by Crippen LogP contribution is 2.19. The Bertz CT molecular complexity index is 581. The zero-order valence-electron chi connectivity index (χ0n) is 11.3. The molecule has 0 amide bonds. The Morgan fingerprint density at radius 1 is 1.11 bits per heavy atom. The summed E-state index contributed by atoms with van der Waals surface area (Å²) < 4.78 is 12.4. The smallest absolute Gasteiger partial charge is 0.0551 e. The van der Waals surface area contributed by atoms with Gasteiger partial charge in [-0.05, 0) is 31.0 Å². The Morgan fingerprint density at radius 3 is 2.42 bits per heavy atom. The summed E-state index contributed by atoms with van der Waals surface area (Å²) in [7, 11) is -1.06. The number of benzene rings is 2. The zero-order chi connectivity index (χ0) is 13.8. The summed E-state index contributed by atoms with van der Waals surface area (Å²) in [6.45, 7) is 4.03. The highest BCUT2D eigenvalue weighted by Gasteiger charge is 2.13. The van der Waals surface area contributed by atoms with E-state index in [-0.39, 0.29) is 6.04 Å². The minimum Gasteiger partial charge on any atom is -0.323 e. The van der Waals surface area contributed by atoms with Crippen molar-refractivity contribution in [3.8, 4) is 0 Å². The molecule has 2 rings (SSSR count). The highest BCUT2D eigenvalue weighted by molar-refractivity contribution is 7.85. The highest BCUT2D eigenvalue weighted by atomic mass is 32.2. The van der Waals surface area contributed by atoms with Gasteiger partial charge in [0.05, 0.1) is 10.8 Å². The van der Waals surface area contributed by atoms with Crippen LogP contribution in [0.4, 0.5) is 0 Å². The van der Waals surface area contributed by atoms with E-state index in [1.807, 2.05) is 56.3 Å². The van der Waals surface area contributed by atoms with Gasteiger partial charge in [0.2, 0.25) is 0 Å². The summed E-state index contributed by atoms with van der Waals surface area (Å²) in [5.41, 5.74) is 9.40. The first kappa shape index (κ1) is 14.0. The van der Waals surface area contributed by atoms with Gasteiger partial charge in [0.15, 0.2) is 0 Å². The Kier molecular flexibility index (Phi) is 4.51. The average molecular weight is 273 g/mol. The van der Waals surface area contributed by atoms with Gasteiger partial charge in [0.25, 0.3) is 0 Å². The number of hydrogen-bond acceptors (Lipinski definition) is 2. The van der Waals surface area contributed by atoms with Gasteiger partial charge in [-0.3, -0.25) is 4.21 Å². The normalized spacial score (nSPS) is 14.1. The van der Waals surface area contributed by atoms with Crippen LogP contribution >= 0.6 is 0 Å². The molecule has 2 unspecified atom stereocenters. The lowest BCUT2D eigenvalue weighted by molar-refractivity contribution is 0.674. The molecule has 0 aliphatic rings. The van der Waals surface area contributed by atoms with Gasteiger partial charge in [0.1, 0.15) is 0 Å². The molecule has 2 aromatic carbocycles. The van der Waals surface area contributed by atoms with Gasteiger partial charge in [-0.2, -0.15) is 0 Å². The van der Waals surface area contributed by atoms with Gasteiger partial charge in [-0.15, -0.1) is 0 Å². The van der Waals surface area contributed by atoms with Crippen molar-refractivity contribution >= 4 is 10.8 Å². The summed E-state index contributed by atoms with van der Waals surface area (Å²) in [4.78, 5) is 0.886. The molecule has 2 atom stereocenters. The summed E-state index contributed by atoms with van der Waals surface area (Å²) in [6.07, 6.45) is 0. The first-order valence-electron chi connectivity index (χ1n) is 6.34. The first-order chi connectivity index (χ1) is 9.08. The Balaban J connectivity index is 2.13. The molecule has 0 heterocycles. The van der Waals surface area contributed by atoms with E-state index >= 15 is 0 Å². The van der Waals surface area contributed by atoms with Crippen molar-refractivity contribution in [2.75, 3.05) is 5.75 Å². The van der Waals surface area contributed by atoms with Crippen molar-refractivity contribution < 1.29 is 4.21 Å². The maximum Gasteiger partial charge on any atom is 0.0551 e. The maximum atomic E-state index is 12.4. The first-order valence-corrected chi connectivity index (χ1v) is 7.66. The van der Waals surface area contributed by atoms with Gasteiger partial charge in [-0.25, -0.2) is 0 Å². The molecule has 2 nitrogen and oxygen atoms in total. The number of aryl methyl sites for hydroxylation is 2. The molecular formula is C16H19NOS. The van der Waals surface area contributed by atoms with Gasteiger partial charge in [-0.1, -0.05) is 48.0 Å². The van der Waals surface area contributed by atoms with E-state index in [4.69, 9.17) is 5.73 Å². The lowest BCUT2D eigenvalue weighted by Crippen LogP contribution is -2.18. The third kappa shape index (κ3) is 3.52.